The molecular weight excluding hydrogens is 318 g/mol. The average Bonchev–Trinajstić information content (AvgIpc) is 2.95. The number of hydrogen-bond donors (Lipinski definition) is 1. The maximum absolute atomic E-state index is 12.3. The molecule has 0 aliphatic carbocycles. The number of amides is 1. The molecule has 0 spiro atoms. The van der Waals surface area contributed by atoms with Crippen molar-refractivity contribution < 1.29 is 4.79 Å². The van der Waals surface area contributed by atoms with Crippen LogP contribution in [0.1, 0.15) is 11.1 Å². The number of carbonyl (C=O) groups excluding carboxylic acids is 1. The summed E-state index contributed by atoms with van der Waals surface area (Å²) in [5.74, 6) is 0.772. The van der Waals surface area contributed by atoms with Crippen molar-refractivity contribution in [3.63, 3.8) is 0 Å². The molecule has 1 saturated heterocycles. The second-order valence-electron chi connectivity index (χ2n) is 6.39. The zero-order valence-electron chi connectivity index (χ0n) is 14.2. The molecule has 0 bridgehead atoms. The lowest BCUT2D eigenvalue weighted by Gasteiger charge is -2.38. The predicted octanol–water partition coefficient (Wildman–Crippen LogP) is 0.819. The van der Waals surface area contributed by atoms with Crippen molar-refractivity contribution in [1.82, 2.24) is 30.3 Å². The first-order valence-electron chi connectivity index (χ1n) is 8.20. The molecule has 128 valence electrons. The highest BCUT2D eigenvalue weighted by molar-refractivity contribution is 5.86. The SMILES string of the molecule is Cc1ccc(CNC(=O)C2CN(c3ncnc4c3nnn4C)C2)cc1. The summed E-state index contributed by atoms with van der Waals surface area (Å²) < 4.78 is 1.62. The van der Waals surface area contributed by atoms with Crippen LogP contribution in [-0.4, -0.2) is 44.0 Å². The first-order chi connectivity index (χ1) is 12.1. The minimum absolute atomic E-state index is 0.0351. The third-order valence-corrected chi connectivity index (χ3v) is 4.51. The topological polar surface area (TPSA) is 88.8 Å². The number of nitrogens with zero attached hydrogens (tertiary/aromatic N) is 6. The molecule has 0 unspecified atom stereocenters. The van der Waals surface area contributed by atoms with Gasteiger partial charge in [0.05, 0.1) is 5.92 Å². The summed E-state index contributed by atoms with van der Waals surface area (Å²) in [6.45, 7) is 3.86. The Labute approximate surface area is 144 Å². The molecule has 2 aromatic heterocycles. The van der Waals surface area contributed by atoms with Gasteiger partial charge in [0.15, 0.2) is 17.0 Å². The third-order valence-electron chi connectivity index (χ3n) is 4.51. The zero-order chi connectivity index (χ0) is 17.4. The Bertz CT molecular complexity index is 912. The minimum Gasteiger partial charge on any atom is -0.353 e. The Morgan fingerprint density at radius 1 is 1.24 bits per heavy atom. The number of aryl methyl sites for hydroxylation is 2. The quantitative estimate of drug-likeness (QED) is 0.758. The Morgan fingerprint density at radius 3 is 2.76 bits per heavy atom. The Morgan fingerprint density at radius 2 is 2.00 bits per heavy atom. The van der Waals surface area contributed by atoms with Gasteiger partial charge in [0.1, 0.15) is 6.33 Å². The largest absolute Gasteiger partial charge is 0.353 e. The fourth-order valence-corrected chi connectivity index (χ4v) is 2.93. The monoisotopic (exact) mass is 337 g/mol. The van der Waals surface area contributed by atoms with Crippen LogP contribution in [0.15, 0.2) is 30.6 Å². The van der Waals surface area contributed by atoms with Crippen molar-refractivity contribution in [3.05, 3.63) is 41.7 Å². The highest BCUT2D eigenvalue weighted by Gasteiger charge is 2.34. The van der Waals surface area contributed by atoms with E-state index in [-0.39, 0.29) is 11.8 Å². The first-order valence-corrected chi connectivity index (χ1v) is 8.20. The maximum Gasteiger partial charge on any atom is 0.226 e. The molecule has 8 nitrogen and oxygen atoms in total. The van der Waals surface area contributed by atoms with Crippen molar-refractivity contribution in [2.45, 2.75) is 13.5 Å². The van der Waals surface area contributed by atoms with Gasteiger partial charge in [-0.25, -0.2) is 14.6 Å². The molecule has 1 aliphatic heterocycles. The van der Waals surface area contributed by atoms with Gasteiger partial charge < -0.3 is 10.2 Å². The standard InChI is InChI=1S/C17H19N7O/c1-11-3-5-12(6-4-11)7-18-17(25)13-8-24(9-13)16-14-15(19-10-20-16)23(2)22-21-14/h3-6,10,13H,7-9H2,1-2H3,(H,18,25). The van der Waals surface area contributed by atoms with E-state index in [2.05, 4.69) is 25.6 Å². The summed E-state index contributed by atoms with van der Waals surface area (Å²) in [6, 6.07) is 8.17. The second kappa shape index (κ2) is 6.12. The predicted molar refractivity (Wildman–Crippen MR) is 92.8 cm³/mol. The van der Waals surface area contributed by atoms with E-state index in [4.69, 9.17) is 0 Å². The number of hydrogen-bond acceptors (Lipinski definition) is 6. The molecule has 0 atom stereocenters. The van der Waals surface area contributed by atoms with Crippen LogP contribution < -0.4 is 10.2 Å². The number of aromatic nitrogens is 5. The van der Waals surface area contributed by atoms with Crippen molar-refractivity contribution in [1.29, 1.82) is 0 Å². The average molecular weight is 337 g/mol. The first kappa shape index (κ1) is 15.5. The number of benzene rings is 1. The molecule has 3 aromatic rings. The third kappa shape index (κ3) is 2.90. The number of rotatable bonds is 4. The molecule has 1 N–H and O–H groups in total. The smallest absolute Gasteiger partial charge is 0.226 e. The fraction of sp³-hybridized carbons (Fsp3) is 0.353. The van der Waals surface area contributed by atoms with Crippen LogP contribution in [0.25, 0.3) is 11.2 Å². The van der Waals surface area contributed by atoms with Crippen molar-refractivity contribution >= 4 is 22.9 Å². The highest BCUT2D eigenvalue weighted by atomic mass is 16.2. The normalized spacial score (nSPS) is 14.6. The van der Waals surface area contributed by atoms with Crippen LogP contribution in [0.5, 0.6) is 0 Å². The van der Waals surface area contributed by atoms with Gasteiger partial charge in [0, 0.05) is 26.7 Å². The molecular formula is C17H19N7O. The summed E-state index contributed by atoms with van der Waals surface area (Å²) >= 11 is 0. The summed E-state index contributed by atoms with van der Waals surface area (Å²) in [5, 5.41) is 11.1. The van der Waals surface area contributed by atoms with Crippen molar-refractivity contribution in [2.75, 3.05) is 18.0 Å². The summed E-state index contributed by atoms with van der Waals surface area (Å²) in [5.41, 5.74) is 3.68. The van der Waals surface area contributed by atoms with Crippen LogP contribution in [0.4, 0.5) is 5.82 Å². The highest BCUT2D eigenvalue weighted by Crippen LogP contribution is 2.27. The molecule has 1 aromatic carbocycles. The van der Waals surface area contributed by atoms with Crippen LogP contribution in [0.3, 0.4) is 0 Å². The van der Waals surface area contributed by atoms with Gasteiger partial charge in [-0.2, -0.15) is 0 Å². The summed E-state index contributed by atoms with van der Waals surface area (Å²) in [4.78, 5) is 22.8. The lowest BCUT2D eigenvalue weighted by atomic mass is 9.99. The van der Waals surface area contributed by atoms with E-state index in [1.807, 2.05) is 36.1 Å². The zero-order valence-corrected chi connectivity index (χ0v) is 14.2. The summed E-state index contributed by atoms with van der Waals surface area (Å²) in [7, 11) is 1.80. The van der Waals surface area contributed by atoms with Crippen LogP contribution in [0.2, 0.25) is 0 Å². The Kier molecular flexibility index (Phi) is 3.79. The molecule has 25 heavy (non-hydrogen) atoms. The van der Waals surface area contributed by atoms with Gasteiger partial charge >= 0.3 is 0 Å². The Hall–Kier alpha value is -3.03. The van der Waals surface area contributed by atoms with E-state index in [0.29, 0.717) is 30.8 Å². The number of fused-ring (bicyclic) bond motifs is 1. The van der Waals surface area contributed by atoms with Crippen LogP contribution in [0, 0.1) is 12.8 Å². The van der Waals surface area contributed by atoms with Gasteiger partial charge in [-0.3, -0.25) is 4.79 Å². The van der Waals surface area contributed by atoms with Gasteiger partial charge in [0.25, 0.3) is 0 Å². The molecule has 3 heterocycles. The molecule has 4 rings (SSSR count). The Balaban J connectivity index is 1.36. The second-order valence-corrected chi connectivity index (χ2v) is 6.39. The minimum atomic E-state index is -0.0351. The van der Waals surface area contributed by atoms with E-state index < -0.39 is 0 Å². The van der Waals surface area contributed by atoms with Gasteiger partial charge in [-0.1, -0.05) is 35.0 Å². The van der Waals surface area contributed by atoms with E-state index >= 15 is 0 Å². The lowest BCUT2D eigenvalue weighted by Crippen LogP contribution is -2.54. The van der Waals surface area contributed by atoms with Crippen LogP contribution in [-0.2, 0) is 18.4 Å². The fourth-order valence-electron chi connectivity index (χ4n) is 2.93. The van der Waals surface area contributed by atoms with Crippen molar-refractivity contribution in [2.24, 2.45) is 13.0 Å². The summed E-state index contributed by atoms with van der Waals surface area (Å²) in [6.07, 6.45) is 1.51. The lowest BCUT2D eigenvalue weighted by molar-refractivity contribution is -0.125. The van der Waals surface area contributed by atoms with E-state index in [0.717, 1.165) is 11.4 Å². The van der Waals surface area contributed by atoms with E-state index in [1.54, 1.807) is 11.7 Å². The van der Waals surface area contributed by atoms with Crippen molar-refractivity contribution in [3.8, 4) is 0 Å². The van der Waals surface area contributed by atoms with Gasteiger partial charge in [-0.05, 0) is 12.5 Å². The molecule has 0 saturated carbocycles. The molecule has 1 fully saturated rings. The van der Waals surface area contributed by atoms with E-state index in [1.165, 1.54) is 11.9 Å². The molecule has 0 radical (unpaired) electrons. The van der Waals surface area contributed by atoms with Crippen LogP contribution >= 0.6 is 0 Å². The number of carbonyl (C=O) groups is 1. The number of nitrogens with one attached hydrogen (secondary N) is 1. The maximum atomic E-state index is 12.3. The van der Waals surface area contributed by atoms with E-state index in [9.17, 15) is 4.79 Å². The van der Waals surface area contributed by atoms with Gasteiger partial charge in [0.2, 0.25) is 5.91 Å². The van der Waals surface area contributed by atoms with Gasteiger partial charge in [-0.15, -0.1) is 5.10 Å². The molecule has 1 amide bonds. The number of anilines is 1. The molecule has 8 heteroatoms. The molecule has 1 aliphatic rings.